The van der Waals surface area contributed by atoms with Gasteiger partial charge in [0.05, 0.1) is 12.7 Å². The van der Waals surface area contributed by atoms with Crippen LogP contribution in [0.3, 0.4) is 0 Å². The van der Waals surface area contributed by atoms with Gasteiger partial charge in [0, 0.05) is 5.92 Å². The van der Waals surface area contributed by atoms with Gasteiger partial charge in [-0.15, -0.1) is 0 Å². The zero-order valence-corrected chi connectivity index (χ0v) is 11.6. The molecule has 3 rings (SSSR count). The average Bonchev–Trinajstić information content (AvgIpc) is 3.15. The number of ether oxygens (including phenoxy) is 1. The van der Waals surface area contributed by atoms with Crippen LogP contribution in [-0.2, 0) is 0 Å². The van der Waals surface area contributed by atoms with Crippen molar-refractivity contribution in [2.45, 2.75) is 25.2 Å². The molecule has 1 aliphatic carbocycles. The van der Waals surface area contributed by atoms with Crippen molar-refractivity contribution in [2.24, 2.45) is 11.7 Å². The van der Waals surface area contributed by atoms with E-state index in [1.807, 2.05) is 24.3 Å². The Labute approximate surface area is 118 Å². The minimum atomic E-state index is 0.302. The minimum Gasteiger partial charge on any atom is -0.496 e. The first-order valence-electron chi connectivity index (χ1n) is 7.00. The Kier molecular flexibility index (Phi) is 3.69. The Bertz CT molecular complexity index is 582. The van der Waals surface area contributed by atoms with Gasteiger partial charge in [0.15, 0.2) is 0 Å². The third kappa shape index (κ3) is 2.29. The van der Waals surface area contributed by atoms with Crippen LogP contribution >= 0.6 is 0 Å². The molecule has 0 saturated heterocycles. The van der Waals surface area contributed by atoms with Gasteiger partial charge in [-0.3, -0.25) is 0 Å². The SMILES string of the molecule is COc1ccccc1-c1noc(C2CCCC2CN)n1. The van der Waals surface area contributed by atoms with Gasteiger partial charge in [-0.25, -0.2) is 0 Å². The second kappa shape index (κ2) is 5.63. The van der Waals surface area contributed by atoms with Gasteiger partial charge in [-0.2, -0.15) is 4.98 Å². The molecular weight excluding hydrogens is 254 g/mol. The molecule has 2 aromatic rings. The lowest BCUT2D eigenvalue weighted by atomic mass is 9.96. The van der Waals surface area contributed by atoms with E-state index in [0.717, 1.165) is 24.2 Å². The van der Waals surface area contributed by atoms with Crippen LogP contribution < -0.4 is 10.5 Å². The van der Waals surface area contributed by atoms with Gasteiger partial charge in [0.1, 0.15) is 5.75 Å². The van der Waals surface area contributed by atoms with Crippen LogP contribution in [0.25, 0.3) is 11.4 Å². The normalized spacial score (nSPS) is 22.1. The van der Waals surface area contributed by atoms with E-state index in [-0.39, 0.29) is 0 Å². The summed E-state index contributed by atoms with van der Waals surface area (Å²) in [5, 5.41) is 4.10. The maximum Gasteiger partial charge on any atom is 0.230 e. The highest BCUT2D eigenvalue weighted by Gasteiger charge is 2.32. The molecule has 5 nitrogen and oxygen atoms in total. The van der Waals surface area contributed by atoms with E-state index in [1.165, 1.54) is 6.42 Å². The molecular formula is C15H19N3O2. The number of para-hydroxylation sites is 1. The molecule has 2 atom stereocenters. The van der Waals surface area contributed by atoms with Crippen molar-refractivity contribution >= 4 is 0 Å². The van der Waals surface area contributed by atoms with Crippen molar-refractivity contribution in [2.75, 3.05) is 13.7 Å². The second-order valence-electron chi connectivity index (χ2n) is 5.19. The predicted octanol–water partition coefficient (Wildman–Crippen LogP) is 2.59. The third-order valence-electron chi connectivity index (χ3n) is 4.07. The molecule has 0 radical (unpaired) electrons. The summed E-state index contributed by atoms with van der Waals surface area (Å²) in [6.45, 7) is 0.678. The van der Waals surface area contributed by atoms with E-state index >= 15 is 0 Å². The lowest BCUT2D eigenvalue weighted by molar-refractivity contribution is 0.325. The van der Waals surface area contributed by atoms with Crippen LogP contribution in [0.2, 0.25) is 0 Å². The first-order valence-corrected chi connectivity index (χ1v) is 7.00. The molecule has 2 N–H and O–H groups in total. The van der Waals surface area contributed by atoms with Gasteiger partial charge >= 0.3 is 0 Å². The molecule has 1 fully saturated rings. The fraction of sp³-hybridized carbons (Fsp3) is 0.467. The van der Waals surface area contributed by atoms with Gasteiger partial charge in [0.2, 0.25) is 11.7 Å². The molecule has 0 bridgehead atoms. The number of benzene rings is 1. The van der Waals surface area contributed by atoms with Crippen molar-refractivity contribution in [3.8, 4) is 17.1 Å². The molecule has 1 aromatic heterocycles. The first kappa shape index (κ1) is 13.1. The monoisotopic (exact) mass is 273 g/mol. The van der Waals surface area contributed by atoms with Crippen molar-refractivity contribution in [3.63, 3.8) is 0 Å². The lowest BCUT2D eigenvalue weighted by Gasteiger charge is -2.12. The number of rotatable bonds is 4. The Hall–Kier alpha value is -1.88. The van der Waals surface area contributed by atoms with Gasteiger partial charge in [-0.05, 0) is 37.4 Å². The van der Waals surface area contributed by atoms with Crippen LogP contribution in [0.1, 0.15) is 31.1 Å². The summed E-state index contributed by atoms with van der Waals surface area (Å²) >= 11 is 0. The first-order chi connectivity index (χ1) is 9.83. The van der Waals surface area contributed by atoms with Crippen LogP contribution in [0.5, 0.6) is 5.75 Å². The topological polar surface area (TPSA) is 74.2 Å². The number of aromatic nitrogens is 2. The van der Waals surface area contributed by atoms with Gasteiger partial charge < -0.3 is 15.0 Å². The van der Waals surface area contributed by atoms with E-state index in [2.05, 4.69) is 10.1 Å². The fourth-order valence-corrected chi connectivity index (χ4v) is 2.97. The number of methoxy groups -OCH3 is 1. The largest absolute Gasteiger partial charge is 0.496 e. The van der Waals surface area contributed by atoms with Crippen molar-refractivity contribution < 1.29 is 9.26 Å². The third-order valence-corrected chi connectivity index (χ3v) is 4.07. The maximum atomic E-state index is 5.82. The molecule has 1 heterocycles. The number of hydrogen-bond acceptors (Lipinski definition) is 5. The molecule has 1 saturated carbocycles. The van der Waals surface area contributed by atoms with Crippen molar-refractivity contribution in [3.05, 3.63) is 30.2 Å². The molecule has 1 aliphatic rings. The van der Waals surface area contributed by atoms with Crippen molar-refractivity contribution in [1.29, 1.82) is 0 Å². The second-order valence-corrected chi connectivity index (χ2v) is 5.19. The maximum absolute atomic E-state index is 5.82. The van der Waals surface area contributed by atoms with Crippen LogP contribution in [0.15, 0.2) is 28.8 Å². The van der Waals surface area contributed by atoms with Crippen molar-refractivity contribution in [1.82, 2.24) is 10.1 Å². The Morgan fingerprint density at radius 1 is 1.35 bits per heavy atom. The smallest absolute Gasteiger partial charge is 0.230 e. The summed E-state index contributed by atoms with van der Waals surface area (Å²) in [5.41, 5.74) is 6.67. The molecule has 5 heteroatoms. The molecule has 20 heavy (non-hydrogen) atoms. The fourth-order valence-electron chi connectivity index (χ4n) is 2.97. The van der Waals surface area contributed by atoms with Crippen LogP contribution in [0, 0.1) is 5.92 Å². The average molecular weight is 273 g/mol. The Morgan fingerprint density at radius 2 is 2.20 bits per heavy atom. The summed E-state index contributed by atoms with van der Waals surface area (Å²) in [4.78, 5) is 4.56. The van der Waals surface area contributed by atoms with Gasteiger partial charge in [0.25, 0.3) is 0 Å². The number of nitrogens with zero attached hydrogens (tertiary/aromatic N) is 2. The van der Waals surface area contributed by atoms with E-state index in [1.54, 1.807) is 7.11 Å². The van der Waals surface area contributed by atoms with Crippen LogP contribution in [0.4, 0.5) is 0 Å². The highest BCUT2D eigenvalue weighted by molar-refractivity contribution is 5.63. The van der Waals surface area contributed by atoms with E-state index in [0.29, 0.717) is 30.1 Å². The zero-order chi connectivity index (χ0) is 13.9. The standard InChI is InChI=1S/C15H19N3O2/c1-19-13-8-3-2-6-12(13)14-17-15(20-18-14)11-7-4-5-10(11)9-16/h2-3,6,8,10-11H,4-5,7,9,16H2,1H3. The predicted molar refractivity (Wildman–Crippen MR) is 75.4 cm³/mol. The summed E-state index contributed by atoms with van der Waals surface area (Å²) in [7, 11) is 1.64. The van der Waals surface area contributed by atoms with Gasteiger partial charge in [-0.1, -0.05) is 23.7 Å². The summed E-state index contributed by atoms with van der Waals surface area (Å²) in [5.74, 6) is 2.80. The highest BCUT2D eigenvalue weighted by atomic mass is 16.5. The quantitative estimate of drug-likeness (QED) is 0.926. The molecule has 0 aliphatic heterocycles. The molecule has 1 aromatic carbocycles. The number of hydrogen-bond donors (Lipinski definition) is 1. The molecule has 106 valence electrons. The zero-order valence-electron chi connectivity index (χ0n) is 11.6. The van der Waals surface area contributed by atoms with E-state index in [9.17, 15) is 0 Å². The number of nitrogens with two attached hydrogens (primary N) is 1. The summed E-state index contributed by atoms with van der Waals surface area (Å²) < 4.78 is 10.8. The summed E-state index contributed by atoms with van der Waals surface area (Å²) in [6.07, 6.45) is 3.40. The van der Waals surface area contributed by atoms with Crippen LogP contribution in [-0.4, -0.2) is 23.8 Å². The molecule has 0 amide bonds. The Balaban J connectivity index is 1.90. The minimum absolute atomic E-state index is 0.302. The Morgan fingerprint density at radius 3 is 3.00 bits per heavy atom. The van der Waals surface area contributed by atoms with E-state index in [4.69, 9.17) is 15.0 Å². The van der Waals surface area contributed by atoms with E-state index < -0.39 is 0 Å². The summed E-state index contributed by atoms with van der Waals surface area (Å²) in [6, 6.07) is 7.68. The highest BCUT2D eigenvalue weighted by Crippen LogP contribution is 2.39. The molecule has 0 spiro atoms. The molecule has 2 unspecified atom stereocenters. The lowest BCUT2D eigenvalue weighted by Crippen LogP contribution is -2.17.